The van der Waals surface area contributed by atoms with Gasteiger partial charge in [0, 0.05) is 4.88 Å². The summed E-state index contributed by atoms with van der Waals surface area (Å²) < 4.78 is 0. The van der Waals surface area contributed by atoms with Crippen LogP contribution in [-0.2, 0) is 6.42 Å². The third kappa shape index (κ3) is 1.88. The third-order valence-electron chi connectivity index (χ3n) is 2.35. The monoisotopic (exact) mass is 202 g/mol. The molecular formula is C13H14S. The van der Waals surface area contributed by atoms with Crippen molar-refractivity contribution in [3.63, 3.8) is 0 Å². The Bertz CT molecular complexity index is 426. The lowest BCUT2D eigenvalue weighted by Crippen LogP contribution is -1.75. The standard InChI is InChI=1S/C13H14S/c1-3-13-8-12(9-14-13)11-6-4-5-10(2)7-11/h4-9H,3H2,1-2H3. The maximum atomic E-state index is 2.29. The van der Waals surface area contributed by atoms with Crippen LogP contribution in [0.2, 0.25) is 0 Å². The predicted molar refractivity (Wildman–Crippen MR) is 63.9 cm³/mol. The summed E-state index contributed by atoms with van der Waals surface area (Å²) in [6.07, 6.45) is 1.14. The molecule has 0 bridgehead atoms. The van der Waals surface area contributed by atoms with E-state index in [1.807, 2.05) is 11.3 Å². The minimum Gasteiger partial charge on any atom is -0.148 e. The Hall–Kier alpha value is -1.08. The minimum atomic E-state index is 1.14. The molecule has 1 aromatic heterocycles. The molecule has 0 amide bonds. The second-order valence-corrected chi connectivity index (χ2v) is 4.52. The van der Waals surface area contributed by atoms with Crippen LogP contribution in [0.5, 0.6) is 0 Å². The molecule has 0 unspecified atom stereocenters. The number of hydrogen-bond donors (Lipinski definition) is 0. The van der Waals surface area contributed by atoms with E-state index in [0.717, 1.165) is 6.42 Å². The molecule has 0 aliphatic carbocycles. The summed E-state index contributed by atoms with van der Waals surface area (Å²) >= 11 is 1.85. The Morgan fingerprint density at radius 2 is 2.00 bits per heavy atom. The number of benzene rings is 1. The first-order chi connectivity index (χ1) is 6.79. The third-order valence-corrected chi connectivity index (χ3v) is 3.43. The maximum absolute atomic E-state index is 2.29. The van der Waals surface area contributed by atoms with Gasteiger partial charge in [0.15, 0.2) is 0 Å². The SMILES string of the molecule is CCc1cc(-c2cccc(C)c2)cs1. The van der Waals surface area contributed by atoms with Crippen molar-refractivity contribution >= 4 is 11.3 Å². The van der Waals surface area contributed by atoms with Gasteiger partial charge in [-0.1, -0.05) is 36.8 Å². The molecule has 0 N–H and O–H groups in total. The van der Waals surface area contributed by atoms with Crippen molar-refractivity contribution in [2.24, 2.45) is 0 Å². The zero-order valence-electron chi connectivity index (χ0n) is 8.58. The normalized spacial score (nSPS) is 10.4. The molecule has 14 heavy (non-hydrogen) atoms. The highest BCUT2D eigenvalue weighted by atomic mass is 32.1. The Labute approximate surface area is 89.2 Å². The van der Waals surface area contributed by atoms with Gasteiger partial charge < -0.3 is 0 Å². The van der Waals surface area contributed by atoms with Crippen LogP contribution in [0.15, 0.2) is 35.7 Å². The first-order valence-corrected chi connectivity index (χ1v) is 5.82. The summed E-state index contributed by atoms with van der Waals surface area (Å²) in [6, 6.07) is 11.0. The molecule has 0 saturated carbocycles. The fourth-order valence-electron chi connectivity index (χ4n) is 1.54. The van der Waals surface area contributed by atoms with E-state index in [4.69, 9.17) is 0 Å². The Balaban J connectivity index is 2.39. The van der Waals surface area contributed by atoms with Crippen LogP contribution in [0.4, 0.5) is 0 Å². The van der Waals surface area contributed by atoms with E-state index in [2.05, 4.69) is 49.6 Å². The van der Waals surface area contributed by atoms with E-state index < -0.39 is 0 Å². The summed E-state index contributed by atoms with van der Waals surface area (Å²) in [6.45, 7) is 4.34. The molecular weight excluding hydrogens is 188 g/mol. The van der Waals surface area contributed by atoms with E-state index in [1.54, 1.807) is 0 Å². The molecule has 0 atom stereocenters. The van der Waals surface area contributed by atoms with Crippen molar-refractivity contribution in [3.8, 4) is 11.1 Å². The van der Waals surface area contributed by atoms with Gasteiger partial charge in [0.25, 0.3) is 0 Å². The van der Waals surface area contributed by atoms with E-state index in [1.165, 1.54) is 21.6 Å². The molecule has 0 fully saturated rings. The number of hydrogen-bond acceptors (Lipinski definition) is 1. The van der Waals surface area contributed by atoms with Crippen LogP contribution in [0.25, 0.3) is 11.1 Å². The zero-order chi connectivity index (χ0) is 9.97. The molecule has 1 heteroatoms. The van der Waals surface area contributed by atoms with E-state index in [0.29, 0.717) is 0 Å². The maximum Gasteiger partial charge on any atom is 0.00488 e. The molecule has 0 saturated heterocycles. The first kappa shape index (κ1) is 9.47. The van der Waals surface area contributed by atoms with Crippen molar-refractivity contribution < 1.29 is 0 Å². The fourth-order valence-corrected chi connectivity index (χ4v) is 2.39. The molecule has 1 heterocycles. The van der Waals surface area contributed by atoms with E-state index >= 15 is 0 Å². The lowest BCUT2D eigenvalue weighted by atomic mass is 10.1. The smallest absolute Gasteiger partial charge is 0.00488 e. The van der Waals surface area contributed by atoms with Gasteiger partial charge in [-0.05, 0) is 35.9 Å². The number of aryl methyl sites for hydroxylation is 2. The van der Waals surface area contributed by atoms with Crippen LogP contribution in [-0.4, -0.2) is 0 Å². The van der Waals surface area contributed by atoms with Crippen LogP contribution in [0.3, 0.4) is 0 Å². The van der Waals surface area contributed by atoms with Gasteiger partial charge in [-0.15, -0.1) is 11.3 Å². The predicted octanol–water partition coefficient (Wildman–Crippen LogP) is 4.29. The first-order valence-electron chi connectivity index (χ1n) is 4.94. The van der Waals surface area contributed by atoms with Gasteiger partial charge in [-0.3, -0.25) is 0 Å². The molecule has 0 spiro atoms. The quantitative estimate of drug-likeness (QED) is 0.681. The lowest BCUT2D eigenvalue weighted by Gasteiger charge is -1.98. The van der Waals surface area contributed by atoms with Gasteiger partial charge >= 0.3 is 0 Å². The van der Waals surface area contributed by atoms with E-state index in [9.17, 15) is 0 Å². The molecule has 2 rings (SSSR count). The summed E-state index contributed by atoms with van der Waals surface area (Å²) in [7, 11) is 0. The van der Waals surface area contributed by atoms with Crippen LogP contribution < -0.4 is 0 Å². The van der Waals surface area contributed by atoms with Crippen LogP contribution >= 0.6 is 11.3 Å². The van der Waals surface area contributed by atoms with Crippen LogP contribution in [0, 0.1) is 6.92 Å². The summed E-state index contributed by atoms with van der Waals surface area (Å²) in [5, 5.41) is 2.24. The highest BCUT2D eigenvalue weighted by Crippen LogP contribution is 2.26. The average Bonchev–Trinajstić information content (AvgIpc) is 2.66. The molecule has 72 valence electrons. The molecule has 0 aliphatic rings. The van der Waals surface area contributed by atoms with Crippen molar-refractivity contribution in [1.29, 1.82) is 0 Å². The van der Waals surface area contributed by atoms with Gasteiger partial charge in [0.05, 0.1) is 0 Å². The van der Waals surface area contributed by atoms with Crippen LogP contribution in [0.1, 0.15) is 17.4 Å². The molecule has 0 nitrogen and oxygen atoms in total. The zero-order valence-corrected chi connectivity index (χ0v) is 9.40. The highest BCUT2D eigenvalue weighted by Gasteiger charge is 2.00. The molecule has 0 aliphatic heterocycles. The van der Waals surface area contributed by atoms with Gasteiger partial charge in [0.2, 0.25) is 0 Å². The van der Waals surface area contributed by atoms with Gasteiger partial charge in [-0.25, -0.2) is 0 Å². The summed E-state index contributed by atoms with van der Waals surface area (Å²) in [5.74, 6) is 0. The van der Waals surface area contributed by atoms with Crippen molar-refractivity contribution in [3.05, 3.63) is 46.2 Å². The molecule has 1 aromatic carbocycles. The Morgan fingerprint density at radius 1 is 1.14 bits per heavy atom. The topological polar surface area (TPSA) is 0 Å². The minimum absolute atomic E-state index is 1.14. The van der Waals surface area contributed by atoms with Gasteiger partial charge in [0.1, 0.15) is 0 Å². The summed E-state index contributed by atoms with van der Waals surface area (Å²) in [4.78, 5) is 1.46. The second kappa shape index (κ2) is 3.97. The van der Waals surface area contributed by atoms with Crippen molar-refractivity contribution in [1.82, 2.24) is 0 Å². The highest BCUT2D eigenvalue weighted by molar-refractivity contribution is 7.10. The van der Waals surface area contributed by atoms with Crippen molar-refractivity contribution in [2.75, 3.05) is 0 Å². The Morgan fingerprint density at radius 3 is 2.64 bits per heavy atom. The average molecular weight is 202 g/mol. The molecule has 0 radical (unpaired) electrons. The number of rotatable bonds is 2. The van der Waals surface area contributed by atoms with Gasteiger partial charge in [-0.2, -0.15) is 0 Å². The Kier molecular flexibility index (Phi) is 2.69. The second-order valence-electron chi connectivity index (χ2n) is 3.52. The van der Waals surface area contributed by atoms with E-state index in [-0.39, 0.29) is 0 Å². The van der Waals surface area contributed by atoms with Crippen molar-refractivity contribution in [2.45, 2.75) is 20.3 Å². The molecule has 2 aromatic rings. The fraction of sp³-hybridized carbons (Fsp3) is 0.231. The largest absolute Gasteiger partial charge is 0.148 e. The summed E-state index contributed by atoms with van der Waals surface area (Å²) in [5.41, 5.74) is 4.02. The lowest BCUT2D eigenvalue weighted by molar-refractivity contribution is 1.19. The number of thiophene rings is 1.